The van der Waals surface area contributed by atoms with Gasteiger partial charge in [-0.05, 0) is 68.0 Å². The lowest BCUT2D eigenvalue weighted by atomic mass is 9.98. The molecule has 2 aromatic heterocycles. The van der Waals surface area contributed by atoms with Gasteiger partial charge >= 0.3 is 6.03 Å². The van der Waals surface area contributed by atoms with E-state index in [1.54, 1.807) is 18.3 Å². The zero-order valence-corrected chi connectivity index (χ0v) is 18.4. The number of carbonyl (C=O) groups is 1. The van der Waals surface area contributed by atoms with Crippen molar-refractivity contribution in [2.24, 2.45) is 0 Å². The van der Waals surface area contributed by atoms with Gasteiger partial charge in [0.2, 0.25) is 5.88 Å². The fourth-order valence-corrected chi connectivity index (χ4v) is 3.81. The Morgan fingerprint density at radius 3 is 2.77 bits per heavy atom. The number of ether oxygens (including phenoxy) is 1. The number of hydrogen-bond donors (Lipinski definition) is 2. The normalized spacial score (nSPS) is 13.3. The Bertz CT molecular complexity index is 1100. The number of anilines is 1. The van der Waals surface area contributed by atoms with Crippen LogP contribution in [0.2, 0.25) is 0 Å². The smallest absolute Gasteiger partial charge is 0.329 e. The summed E-state index contributed by atoms with van der Waals surface area (Å²) in [5, 5.41) is 8.02. The Morgan fingerprint density at radius 2 is 2.10 bits per heavy atom. The molecule has 0 radical (unpaired) electrons. The van der Waals surface area contributed by atoms with Gasteiger partial charge in [-0.3, -0.25) is 9.40 Å². The van der Waals surface area contributed by atoms with Crippen LogP contribution >= 0.6 is 11.9 Å². The number of nitrogens with one attached hydrogen (secondary N) is 2. The fraction of sp³-hybridized carbons (Fsp3) is 0.318. The van der Waals surface area contributed by atoms with E-state index in [4.69, 9.17) is 4.74 Å². The highest BCUT2D eigenvalue weighted by Gasteiger charge is 2.29. The van der Waals surface area contributed by atoms with E-state index in [-0.39, 0.29) is 17.8 Å². The lowest BCUT2D eigenvalue weighted by molar-refractivity contribution is 0.257. The molecule has 4 rings (SSSR count). The summed E-state index contributed by atoms with van der Waals surface area (Å²) in [6, 6.07) is 8.10. The lowest BCUT2D eigenvalue weighted by Crippen LogP contribution is -2.24. The molecule has 3 aromatic rings. The van der Waals surface area contributed by atoms with E-state index in [2.05, 4.69) is 20.1 Å². The number of hydrogen-bond acceptors (Lipinski definition) is 5. The molecule has 7 nitrogen and oxygen atoms in total. The number of urea groups is 1. The van der Waals surface area contributed by atoms with Crippen molar-refractivity contribution in [3.8, 4) is 17.0 Å². The molecule has 1 fully saturated rings. The molecule has 0 atom stereocenters. The third-order valence-electron chi connectivity index (χ3n) is 5.01. The van der Waals surface area contributed by atoms with Crippen LogP contribution in [0, 0.1) is 5.82 Å². The van der Waals surface area contributed by atoms with Crippen LogP contribution in [0.25, 0.3) is 11.1 Å². The van der Waals surface area contributed by atoms with Crippen molar-refractivity contribution in [3.05, 3.63) is 54.1 Å². The van der Waals surface area contributed by atoms with E-state index < -0.39 is 6.03 Å². The molecular weight excluding hydrogens is 417 g/mol. The zero-order chi connectivity index (χ0) is 22.0. The number of carbonyl (C=O) groups excluding carboxylic acids is 1. The van der Waals surface area contributed by atoms with Gasteiger partial charge in [0.05, 0.1) is 12.8 Å². The third-order valence-corrected chi connectivity index (χ3v) is 5.72. The zero-order valence-electron chi connectivity index (χ0n) is 17.6. The summed E-state index contributed by atoms with van der Waals surface area (Å²) < 4.78 is 24.2. The van der Waals surface area contributed by atoms with Crippen LogP contribution < -0.4 is 14.8 Å². The van der Waals surface area contributed by atoms with E-state index in [1.807, 2.05) is 30.8 Å². The summed E-state index contributed by atoms with van der Waals surface area (Å²) in [7, 11) is 1.53. The van der Waals surface area contributed by atoms with Gasteiger partial charge in [0.25, 0.3) is 0 Å². The highest BCUT2D eigenvalue weighted by atomic mass is 32.2. The molecule has 2 amide bonds. The molecule has 9 heteroatoms. The van der Waals surface area contributed by atoms with Crippen molar-refractivity contribution >= 4 is 23.7 Å². The van der Waals surface area contributed by atoms with Gasteiger partial charge < -0.3 is 10.1 Å². The van der Waals surface area contributed by atoms with Crippen LogP contribution in [-0.2, 0) is 0 Å². The molecule has 2 heterocycles. The van der Waals surface area contributed by atoms with Gasteiger partial charge in [-0.1, -0.05) is 0 Å². The molecule has 31 heavy (non-hydrogen) atoms. The van der Waals surface area contributed by atoms with Crippen LogP contribution in [0.5, 0.6) is 5.88 Å². The molecule has 0 aliphatic heterocycles. The first kappa shape index (κ1) is 21.2. The average molecular weight is 442 g/mol. The van der Waals surface area contributed by atoms with Crippen molar-refractivity contribution in [1.29, 1.82) is 0 Å². The number of methoxy groups -OCH3 is 1. The molecule has 0 unspecified atom stereocenters. The minimum atomic E-state index is -0.403. The first-order valence-corrected chi connectivity index (χ1v) is 10.9. The highest BCUT2D eigenvalue weighted by Crippen LogP contribution is 2.47. The number of pyridine rings is 1. The minimum absolute atomic E-state index is 0.239. The standard InChI is InChI=1S/C22H24FN5O2S/c1-13(2)28-9-7-20(26-28)31-27-22(29)25-21-17(14-4-5-14)11-16(23)12-18(21)15-6-8-24-19(10-15)30-3/h6-14H,4-5H2,1-3H3,(H2,25,27,29). The van der Waals surface area contributed by atoms with E-state index in [0.717, 1.165) is 30.4 Å². The van der Waals surface area contributed by atoms with Crippen LogP contribution in [0.1, 0.15) is 44.2 Å². The van der Waals surface area contributed by atoms with Crippen LogP contribution in [-0.4, -0.2) is 27.9 Å². The summed E-state index contributed by atoms with van der Waals surface area (Å²) in [4.78, 5) is 16.8. The predicted molar refractivity (Wildman–Crippen MR) is 119 cm³/mol. The average Bonchev–Trinajstić information content (AvgIpc) is 3.49. The largest absolute Gasteiger partial charge is 0.481 e. The Kier molecular flexibility index (Phi) is 6.13. The van der Waals surface area contributed by atoms with Gasteiger partial charge in [-0.15, -0.1) is 0 Å². The van der Waals surface area contributed by atoms with Crippen molar-refractivity contribution in [2.75, 3.05) is 12.4 Å². The topological polar surface area (TPSA) is 81.1 Å². The van der Waals surface area contributed by atoms with Crippen molar-refractivity contribution in [3.63, 3.8) is 0 Å². The minimum Gasteiger partial charge on any atom is -0.481 e. The van der Waals surface area contributed by atoms with Crippen LogP contribution in [0.15, 0.2) is 47.8 Å². The van der Waals surface area contributed by atoms with Crippen LogP contribution in [0.3, 0.4) is 0 Å². The predicted octanol–water partition coefficient (Wildman–Crippen LogP) is 5.38. The van der Waals surface area contributed by atoms with Gasteiger partial charge in [-0.25, -0.2) is 14.2 Å². The van der Waals surface area contributed by atoms with E-state index in [9.17, 15) is 9.18 Å². The molecule has 162 valence electrons. The van der Waals surface area contributed by atoms with Crippen molar-refractivity contribution in [1.82, 2.24) is 19.5 Å². The monoisotopic (exact) mass is 441 g/mol. The summed E-state index contributed by atoms with van der Waals surface area (Å²) >= 11 is 1.13. The second-order valence-corrected chi connectivity index (χ2v) is 8.49. The second kappa shape index (κ2) is 8.97. The number of amides is 2. The number of rotatable bonds is 7. The number of nitrogens with zero attached hydrogens (tertiary/aromatic N) is 3. The van der Waals surface area contributed by atoms with Crippen molar-refractivity contribution < 1.29 is 13.9 Å². The van der Waals surface area contributed by atoms with E-state index in [0.29, 0.717) is 27.7 Å². The van der Waals surface area contributed by atoms with Crippen LogP contribution in [0.4, 0.5) is 14.9 Å². The molecule has 1 aliphatic rings. The summed E-state index contributed by atoms with van der Waals surface area (Å²) in [6.07, 6.45) is 5.41. The molecule has 1 saturated carbocycles. The molecule has 1 aromatic carbocycles. The third kappa shape index (κ3) is 4.99. The van der Waals surface area contributed by atoms with E-state index in [1.165, 1.54) is 19.2 Å². The van der Waals surface area contributed by atoms with Gasteiger partial charge in [0.15, 0.2) is 0 Å². The number of aromatic nitrogens is 3. The number of halogens is 1. The maximum Gasteiger partial charge on any atom is 0.329 e. The first-order chi connectivity index (χ1) is 14.9. The molecule has 1 aliphatic carbocycles. The quantitative estimate of drug-likeness (QED) is 0.481. The van der Waals surface area contributed by atoms with Gasteiger partial charge in [-0.2, -0.15) is 5.10 Å². The molecule has 2 N–H and O–H groups in total. The summed E-state index contributed by atoms with van der Waals surface area (Å²) in [6.45, 7) is 4.07. The van der Waals surface area contributed by atoms with E-state index >= 15 is 0 Å². The molecule has 0 saturated heterocycles. The first-order valence-electron chi connectivity index (χ1n) is 10.1. The maximum atomic E-state index is 14.4. The maximum absolute atomic E-state index is 14.4. The molecular formula is C22H24FN5O2S. The summed E-state index contributed by atoms with van der Waals surface area (Å²) in [5.41, 5.74) is 2.71. The fourth-order valence-electron chi connectivity index (χ4n) is 3.30. The lowest BCUT2D eigenvalue weighted by Gasteiger charge is -2.17. The Hall–Kier alpha value is -3.07. The summed E-state index contributed by atoms with van der Waals surface area (Å²) in [5.74, 6) is 0.316. The van der Waals surface area contributed by atoms with Crippen molar-refractivity contribution in [2.45, 2.75) is 43.7 Å². The number of benzene rings is 1. The Labute approximate surface area is 184 Å². The molecule has 0 spiro atoms. The molecule has 0 bridgehead atoms. The van der Waals surface area contributed by atoms with Gasteiger partial charge in [0.1, 0.15) is 10.8 Å². The second-order valence-electron chi connectivity index (χ2n) is 7.66. The van der Waals surface area contributed by atoms with Gasteiger partial charge in [0, 0.05) is 42.0 Å². The highest BCUT2D eigenvalue weighted by molar-refractivity contribution is 7.97. The SMILES string of the molecule is COc1cc(-c2cc(F)cc(C3CC3)c2NC(=O)NSc2ccn(C(C)C)n2)ccn1. The Balaban J connectivity index is 1.59. The Morgan fingerprint density at radius 1 is 1.29 bits per heavy atom.